The lowest BCUT2D eigenvalue weighted by molar-refractivity contribution is 0.0951. The number of hydrogen-bond acceptors (Lipinski definition) is 4. The number of ether oxygens (including phenoxy) is 1. The van der Waals surface area contributed by atoms with E-state index in [2.05, 4.69) is 26.2 Å². The smallest absolute Gasteiger partial charge is 0.255 e. The normalized spacial score (nSPS) is 10.4. The Balaban J connectivity index is 1.61. The topological polar surface area (TPSA) is 77.2 Å². The van der Waals surface area contributed by atoms with Gasteiger partial charge in [0.15, 0.2) is 0 Å². The molecule has 1 aromatic heterocycles. The molecular formula is C20H18BrN3O2. The van der Waals surface area contributed by atoms with Gasteiger partial charge in [-0.05, 0) is 64.8 Å². The summed E-state index contributed by atoms with van der Waals surface area (Å²) in [5.41, 5.74) is 7.92. The lowest BCUT2D eigenvalue weighted by Gasteiger charge is -2.10. The summed E-state index contributed by atoms with van der Waals surface area (Å²) >= 11 is 3.45. The van der Waals surface area contributed by atoms with Crippen LogP contribution in [-0.4, -0.2) is 10.9 Å². The number of rotatable bonds is 5. The van der Waals surface area contributed by atoms with Crippen molar-refractivity contribution in [1.82, 2.24) is 10.3 Å². The largest absolute Gasteiger partial charge is 0.456 e. The number of para-hydroxylation sites is 1. The second-order valence-corrected chi connectivity index (χ2v) is 6.60. The van der Waals surface area contributed by atoms with Gasteiger partial charge in [-0.15, -0.1) is 0 Å². The zero-order valence-corrected chi connectivity index (χ0v) is 15.8. The molecule has 0 unspecified atom stereocenters. The van der Waals surface area contributed by atoms with Crippen LogP contribution in [0.4, 0.5) is 5.82 Å². The molecule has 5 nitrogen and oxygen atoms in total. The van der Waals surface area contributed by atoms with Gasteiger partial charge in [0.1, 0.15) is 17.3 Å². The Hall–Kier alpha value is -2.86. The molecule has 0 radical (unpaired) electrons. The van der Waals surface area contributed by atoms with Crippen molar-refractivity contribution in [2.75, 3.05) is 5.73 Å². The molecule has 26 heavy (non-hydrogen) atoms. The van der Waals surface area contributed by atoms with Gasteiger partial charge in [-0.2, -0.15) is 0 Å². The minimum Gasteiger partial charge on any atom is -0.456 e. The number of carbonyl (C=O) groups is 1. The number of pyridine rings is 1. The number of nitrogens with two attached hydrogens (primary N) is 1. The first-order valence-electron chi connectivity index (χ1n) is 8.05. The second kappa shape index (κ2) is 8.01. The summed E-state index contributed by atoms with van der Waals surface area (Å²) in [6, 6.07) is 18.6. The zero-order valence-electron chi connectivity index (χ0n) is 14.2. The minimum atomic E-state index is -0.247. The lowest BCUT2D eigenvalue weighted by Crippen LogP contribution is -2.24. The van der Waals surface area contributed by atoms with Gasteiger partial charge >= 0.3 is 0 Å². The van der Waals surface area contributed by atoms with Crippen molar-refractivity contribution in [3.63, 3.8) is 0 Å². The highest BCUT2D eigenvalue weighted by Crippen LogP contribution is 2.29. The van der Waals surface area contributed by atoms with Crippen LogP contribution in [-0.2, 0) is 6.54 Å². The van der Waals surface area contributed by atoms with E-state index in [1.54, 1.807) is 12.1 Å². The Kier molecular flexibility index (Phi) is 5.53. The molecule has 0 spiro atoms. The third kappa shape index (κ3) is 4.40. The number of nitrogens with zero attached hydrogens (tertiary/aromatic N) is 1. The summed E-state index contributed by atoms with van der Waals surface area (Å²) in [6.07, 6.45) is 0. The fraction of sp³-hybridized carbons (Fsp3) is 0.100. The van der Waals surface area contributed by atoms with Crippen molar-refractivity contribution in [3.8, 4) is 11.5 Å². The molecule has 2 aromatic carbocycles. The zero-order chi connectivity index (χ0) is 18.5. The van der Waals surface area contributed by atoms with E-state index in [0.717, 1.165) is 27.2 Å². The highest BCUT2D eigenvalue weighted by molar-refractivity contribution is 9.10. The molecule has 0 saturated carbocycles. The molecule has 0 fully saturated rings. The number of amides is 1. The van der Waals surface area contributed by atoms with Gasteiger partial charge in [0.25, 0.3) is 5.91 Å². The summed E-state index contributed by atoms with van der Waals surface area (Å²) in [7, 11) is 0. The maximum atomic E-state index is 12.2. The van der Waals surface area contributed by atoms with E-state index in [0.29, 0.717) is 12.1 Å². The van der Waals surface area contributed by atoms with Crippen LogP contribution in [0.1, 0.15) is 21.6 Å². The van der Waals surface area contributed by atoms with Gasteiger partial charge in [-0.25, -0.2) is 4.98 Å². The third-order valence-electron chi connectivity index (χ3n) is 3.75. The summed E-state index contributed by atoms with van der Waals surface area (Å²) in [6.45, 7) is 2.22. The number of nitrogens with one attached hydrogen (secondary N) is 1. The molecule has 0 saturated heterocycles. The standard InChI is InChI=1S/C20H18BrN3O2/c1-13-6-11-16(19(22)24-13)20(25)23-12-14-7-9-15(10-8-14)26-18-5-3-2-4-17(18)21/h2-11H,12H2,1H3,(H2,22,24)(H,23,25). The summed E-state index contributed by atoms with van der Waals surface area (Å²) in [5, 5.41) is 2.85. The van der Waals surface area contributed by atoms with Crippen LogP contribution in [0, 0.1) is 6.92 Å². The number of aryl methyl sites for hydroxylation is 1. The predicted octanol–water partition coefficient (Wildman–Crippen LogP) is 4.46. The van der Waals surface area contributed by atoms with Crippen molar-refractivity contribution >= 4 is 27.7 Å². The molecule has 132 valence electrons. The first-order chi connectivity index (χ1) is 12.5. The fourth-order valence-corrected chi connectivity index (χ4v) is 2.74. The third-order valence-corrected chi connectivity index (χ3v) is 4.40. The molecule has 1 amide bonds. The Morgan fingerprint density at radius 1 is 1.12 bits per heavy atom. The minimum absolute atomic E-state index is 0.236. The van der Waals surface area contributed by atoms with Crippen molar-refractivity contribution < 1.29 is 9.53 Å². The van der Waals surface area contributed by atoms with Crippen LogP contribution >= 0.6 is 15.9 Å². The van der Waals surface area contributed by atoms with Gasteiger partial charge in [0, 0.05) is 12.2 Å². The van der Waals surface area contributed by atoms with Gasteiger partial charge < -0.3 is 15.8 Å². The molecule has 3 rings (SSSR count). The van der Waals surface area contributed by atoms with Crippen LogP contribution < -0.4 is 15.8 Å². The monoisotopic (exact) mass is 411 g/mol. The van der Waals surface area contributed by atoms with E-state index in [1.165, 1.54) is 0 Å². The van der Waals surface area contributed by atoms with Crippen LogP contribution in [0.2, 0.25) is 0 Å². The maximum absolute atomic E-state index is 12.2. The van der Waals surface area contributed by atoms with Crippen molar-refractivity contribution in [3.05, 3.63) is 82.0 Å². The van der Waals surface area contributed by atoms with E-state index in [9.17, 15) is 4.79 Å². The Labute approximate surface area is 160 Å². The van der Waals surface area contributed by atoms with E-state index >= 15 is 0 Å². The molecule has 0 aliphatic rings. The van der Waals surface area contributed by atoms with Crippen LogP contribution in [0.25, 0.3) is 0 Å². The Bertz CT molecular complexity index is 927. The van der Waals surface area contributed by atoms with Crippen molar-refractivity contribution in [1.29, 1.82) is 0 Å². The fourth-order valence-electron chi connectivity index (χ4n) is 2.38. The summed E-state index contributed by atoms with van der Waals surface area (Å²) in [4.78, 5) is 16.3. The number of halogens is 1. The molecule has 0 atom stereocenters. The molecule has 3 N–H and O–H groups in total. The van der Waals surface area contributed by atoms with E-state index in [-0.39, 0.29) is 11.7 Å². The maximum Gasteiger partial charge on any atom is 0.255 e. The number of benzene rings is 2. The Morgan fingerprint density at radius 2 is 1.85 bits per heavy atom. The summed E-state index contributed by atoms with van der Waals surface area (Å²) in [5.74, 6) is 1.46. The number of aromatic nitrogens is 1. The van der Waals surface area contributed by atoms with Crippen LogP contribution in [0.15, 0.2) is 65.1 Å². The van der Waals surface area contributed by atoms with Crippen molar-refractivity contribution in [2.45, 2.75) is 13.5 Å². The number of nitrogen functional groups attached to an aromatic ring is 1. The average molecular weight is 412 g/mol. The molecule has 3 aromatic rings. The van der Waals surface area contributed by atoms with Crippen molar-refractivity contribution in [2.24, 2.45) is 0 Å². The molecule has 1 heterocycles. The molecule has 6 heteroatoms. The van der Waals surface area contributed by atoms with Crippen LogP contribution in [0.3, 0.4) is 0 Å². The molecular weight excluding hydrogens is 394 g/mol. The molecule has 0 aliphatic carbocycles. The highest BCUT2D eigenvalue weighted by Gasteiger charge is 2.10. The summed E-state index contributed by atoms with van der Waals surface area (Å²) < 4.78 is 6.72. The quantitative estimate of drug-likeness (QED) is 0.649. The second-order valence-electron chi connectivity index (χ2n) is 5.74. The van der Waals surface area contributed by atoms with E-state index in [4.69, 9.17) is 10.5 Å². The first-order valence-corrected chi connectivity index (χ1v) is 8.85. The van der Waals surface area contributed by atoms with Gasteiger partial charge in [0.05, 0.1) is 10.0 Å². The van der Waals surface area contributed by atoms with Gasteiger partial charge in [-0.3, -0.25) is 4.79 Å². The average Bonchev–Trinajstić information content (AvgIpc) is 2.63. The molecule has 0 aliphatic heterocycles. The number of carbonyl (C=O) groups excluding carboxylic acids is 1. The van der Waals surface area contributed by atoms with Gasteiger partial charge in [-0.1, -0.05) is 24.3 Å². The number of hydrogen-bond donors (Lipinski definition) is 2. The highest BCUT2D eigenvalue weighted by atomic mass is 79.9. The number of anilines is 1. The van der Waals surface area contributed by atoms with Gasteiger partial charge in [0.2, 0.25) is 0 Å². The molecule has 0 bridgehead atoms. The predicted molar refractivity (Wildman–Crippen MR) is 105 cm³/mol. The van der Waals surface area contributed by atoms with Crippen LogP contribution in [0.5, 0.6) is 11.5 Å². The Morgan fingerprint density at radius 3 is 2.54 bits per heavy atom. The lowest BCUT2D eigenvalue weighted by atomic mass is 10.2. The van der Waals surface area contributed by atoms with E-state index < -0.39 is 0 Å². The first kappa shape index (κ1) is 17.9. The van der Waals surface area contributed by atoms with E-state index in [1.807, 2.05) is 55.5 Å². The SMILES string of the molecule is Cc1ccc(C(=O)NCc2ccc(Oc3ccccc3Br)cc2)c(N)n1.